The number of hydrogen-bond acceptors (Lipinski definition) is 3. The Morgan fingerprint density at radius 3 is 2.67 bits per heavy atom. The quantitative estimate of drug-likeness (QED) is 0.392. The molecule has 1 aliphatic rings. The first kappa shape index (κ1) is 16.6. The molecule has 4 nitrogen and oxygen atoms in total. The molecule has 3 rings (SSSR count). The number of nitro groups is 1. The molecule has 126 valence electrons. The first-order valence-corrected chi connectivity index (χ1v) is 8.90. The summed E-state index contributed by atoms with van der Waals surface area (Å²) in [5.41, 5.74) is 4.77. The summed E-state index contributed by atoms with van der Waals surface area (Å²) < 4.78 is 0. The Labute approximate surface area is 143 Å². The van der Waals surface area contributed by atoms with Gasteiger partial charge in [-0.25, -0.2) is 4.98 Å². The van der Waals surface area contributed by atoms with Crippen molar-refractivity contribution in [3.8, 4) is 11.3 Å². The van der Waals surface area contributed by atoms with Gasteiger partial charge in [-0.1, -0.05) is 44.7 Å². The summed E-state index contributed by atoms with van der Waals surface area (Å²) in [6.45, 7) is 2.25. The van der Waals surface area contributed by atoms with Crippen LogP contribution in [-0.2, 0) is 12.8 Å². The SMILES string of the molecule is CCCCCCC1Cc2ccc(-c3ccc([N+](=O)[O-])cn3)cc2C1. The van der Waals surface area contributed by atoms with Crippen molar-refractivity contribution in [2.45, 2.75) is 51.9 Å². The van der Waals surface area contributed by atoms with Crippen molar-refractivity contribution in [3.63, 3.8) is 0 Å². The molecule has 1 aromatic carbocycles. The van der Waals surface area contributed by atoms with Gasteiger partial charge < -0.3 is 0 Å². The second-order valence-corrected chi connectivity index (χ2v) is 6.77. The second kappa shape index (κ2) is 7.56. The van der Waals surface area contributed by atoms with E-state index in [1.54, 1.807) is 6.07 Å². The van der Waals surface area contributed by atoms with Gasteiger partial charge in [-0.05, 0) is 48.4 Å². The lowest BCUT2D eigenvalue weighted by atomic mass is 9.98. The number of rotatable bonds is 7. The van der Waals surface area contributed by atoms with E-state index in [0.29, 0.717) is 0 Å². The van der Waals surface area contributed by atoms with Crippen LogP contribution in [0.25, 0.3) is 11.3 Å². The maximum atomic E-state index is 10.7. The molecule has 0 N–H and O–H groups in total. The van der Waals surface area contributed by atoms with Crippen LogP contribution in [0.15, 0.2) is 36.5 Å². The van der Waals surface area contributed by atoms with Crippen LogP contribution >= 0.6 is 0 Å². The minimum absolute atomic E-state index is 0.0343. The highest BCUT2D eigenvalue weighted by atomic mass is 16.6. The zero-order valence-electron chi connectivity index (χ0n) is 14.2. The number of hydrogen-bond donors (Lipinski definition) is 0. The Morgan fingerprint density at radius 1 is 1.12 bits per heavy atom. The average molecular weight is 324 g/mol. The molecule has 0 fully saturated rings. The van der Waals surface area contributed by atoms with Crippen LogP contribution in [0.4, 0.5) is 5.69 Å². The normalized spacial score (nSPS) is 16.1. The zero-order valence-corrected chi connectivity index (χ0v) is 14.2. The lowest BCUT2D eigenvalue weighted by Gasteiger charge is -2.07. The topological polar surface area (TPSA) is 56.0 Å². The number of nitrogens with zero attached hydrogens (tertiary/aromatic N) is 2. The van der Waals surface area contributed by atoms with E-state index in [1.807, 2.05) is 0 Å². The molecule has 0 amide bonds. The lowest BCUT2D eigenvalue weighted by Crippen LogP contribution is -1.99. The Kier molecular flexibility index (Phi) is 5.24. The number of benzene rings is 1. The van der Waals surface area contributed by atoms with Crippen molar-refractivity contribution >= 4 is 5.69 Å². The first-order valence-electron chi connectivity index (χ1n) is 8.90. The molecule has 1 heterocycles. The highest BCUT2D eigenvalue weighted by Gasteiger charge is 2.21. The van der Waals surface area contributed by atoms with Crippen LogP contribution in [0.1, 0.15) is 50.2 Å². The Bertz CT molecular complexity index is 710. The summed E-state index contributed by atoms with van der Waals surface area (Å²) in [6, 6.07) is 9.77. The fraction of sp³-hybridized carbons (Fsp3) is 0.450. The van der Waals surface area contributed by atoms with Crippen molar-refractivity contribution in [2.24, 2.45) is 5.92 Å². The molecule has 1 aromatic heterocycles. The van der Waals surface area contributed by atoms with Gasteiger partial charge in [0.25, 0.3) is 5.69 Å². The summed E-state index contributed by atoms with van der Waals surface area (Å²) in [4.78, 5) is 14.6. The van der Waals surface area contributed by atoms with E-state index >= 15 is 0 Å². The molecule has 4 heteroatoms. The minimum atomic E-state index is -0.414. The summed E-state index contributed by atoms with van der Waals surface area (Å²) in [6.07, 6.45) is 10.3. The van der Waals surface area contributed by atoms with Gasteiger partial charge in [-0.15, -0.1) is 0 Å². The van der Waals surface area contributed by atoms with Gasteiger partial charge in [-0.3, -0.25) is 10.1 Å². The maximum Gasteiger partial charge on any atom is 0.287 e. The van der Waals surface area contributed by atoms with Crippen molar-refractivity contribution in [3.05, 3.63) is 57.8 Å². The molecule has 1 atom stereocenters. The summed E-state index contributed by atoms with van der Waals surface area (Å²) in [5.74, 6) is 0.775. The van der Waals surface area contributed by atoms with E-state index in [9.17, 15) is 10.1 Å². The van der Waals surface area contributed by atoms with E-state index < -0.39 is 4.92 Å². The van der Waals surface area contributed by atoms with Gasteiger partial charge in [0.05, 0.1) is 10.6 Å². The van der Waals surface area contributed by atoms with Gasteiger partial charge >= 0.3 is 0 Å². The predicted octanol–water partition coefficient (Wildman–Crippen LogP) is 5.34. The van der Waals surface area contributed by atoms with Gasteiger partial charge in [0, 0.05) is 11.6 Å². The Morgan fingerprint density at radius 2 is 1.96 bits per heavy atom. The van der Waals surface area contributed by atoms with Crippen molar-refractivity contribution in [1.82, 2.24) is 4.98 Å². The zero-order chi connectivity index (χ0) is 16.9. The van der Waals surface area contributed by atoms with Gasteiger partial charge in [0.15, 0.2) is 0 Å². The van der Waals surface area contributed by atoms with Crippen LogP contribution in [-0.4, -0.2) is 9.91 Å². The first-order chi connectivity index (χ1) is 11.7. The van der Waals surface area contributed by atoms with Crippen LogP contribution in [0, 0.1) is 16.0 Å². The summed E-state index contributed by atoms with van der Waals surface area (Å²) in [7, 11) is 0. The van der Waals surface area contributed by atoms with Crippen LogP contribution in [0.5, 0.6) is 0 Å². The monoisotopic (exact) mass is 324 g/mol. The third kappa shape index (κ3) is 3.81. The fourth-order valence-corrected chi connectivity index (χ4v) is 3.60. The van der Waals surface area contributed by atoms with Crippen LogP contribution < -0.4 is 0 Å². The molecular weight excluding hydrogens is 300 g/mol. The smallest absolute Gasteiger partial charge is 0.258 e. The van der Waals surface area contributed by atoms with Gasteiger partial charge in [-0.2, -0.15) is 0 Å². The lowest BCUT2D eigenvalue weighted by molar-refractivity contribution is -0.385. The van der Waals surface area contributed by atoms with Crippen molar-refractivity contribution in [2.75, 3.05) is 0 Å². The molecule has 0 bridgehead atoms. The van der Waals surface area contributed by atoms with E-state index in [0.717, 1.165) is 23.6 Å². The third-order valence-electron chi connectivity index (χ3n) is 4.94. The molecule has 0 saturated heterocycles. The van der Waals surface area contributed by atoms with E-state index in [4.69, 9.17) is 0 Å². The molecule has 2 aromatic rings. The minimum Gasteiger partial charge on any atom is -0.258 e. The van der Waals surface area contributed by atoms with Crippen LogP contribution in [0.2, 0.25) is 0 Å². The fourth-order valence-electron chi connectivity index (χ4n) is 3.60. The highest BCUT2D eigenvalue weighted by molar-refractivity contribution is 5.62. The van der Waals surface area contributed by atoms with Crippen molar-refractivity contribution < 1.29 is 4.92 Å². The summed E-state index contributed by atoms with van der Waals surface area (Å²) in [5, 5.41) is 10.7. The van der Waals surface area contributed by atoms with E-state index in [-0.39, 0.29) is 5.69 Å². The van der Waals surface area contributed by atoms with E-state index in [2.05, 4.69) is 30.1 Å². The molecule has 1 aliphatic carbocycles. The van der Waals surface area contributed by atoms with Gasteiger partial charge in [0.2, 0.25) is 0 Å². The largest absolute Gasteiger partial charge is 0.287 e. The third-order valence-corrected chi connectivity index (χ3v) is 4.94. The molecule has 0 spiro atoms. The highest BCUT2D eigenvalue weighted by Crippen LogP contribution is 2.33. The standard InChI is InChI=1S/C20H24N2O2/c1-2-3-4-5-6-15-11-16-7-8-17(13-18(16)12-15)20-10-9-19(14-21-20)22(23)24/h7-10,13-15H,2-6,11-12H2,1H3. The molecule has 0 saturated carbocycles. The molecular formula is C20H24N2O2. The molecule has 24 heavy (non-hydrogen) atoms. The number of fused-ring (bicyclic) bond motifs is 1. The van der Waals surface area contributed by atoms with Gasteiger partial charge in [0.1, 0.15) is 6.20 Å². The molecule has 1 unspecified atom stereocenters. The van der Waals surface area contributed by atoms with E-state index in [1.165, 1.54) is 61.9 Å². The predicted molar refractivity (Wildman–Crippen MR) is 96.0 cm³/mol. The average Bonchev–Trinajstić information content (AvgIpc) is 3.00. The van der Waals surface area contributed by atoms with Crippen molar-refractivity contribution in [1.29, 1.82) is 0 Å². The Balaban J connectivity index is 1.67. The van der Waals surface area contributed by atoms with Crippen LogP contribution in [0.3, 0.4) is 0 Å². The number of unbranched alkanes of at least 4 members (excludes halogenated alkanes) is 3. The number of aromatic nitrogens is 1. The molecule has 0 radical (unpaired) electrons. The Hall–Kier alpha value is -2.23. The molecule has 0 aliphatic heterocycles. The second-order valence-electron chi connectivity index (χ2n) is 6.77. The number of pyridine rings is 1. The summed E-state index contributed by atoms with van der Waals surface area (Å²) >= 11 is 0. The maximum absolute atomic E-state index is 10.7.